The minimum absolute atomic E-state index is 0.00716. The van der Waals surface area contributed by atoms with E-state index in [1.54, 1.807) is 11.8 Å². The van der Waals surface area contributed by atoms with Crippen molar-refractivity contribution < 1.29 is 14.7 Å². The van der Waals surface area contributed by atoms with Crippen molar-refractivity contribution in [3.05, 3.63) is 126 Å². The third-order valence-corrected chi connectivity index (χ3v) is 7.07. The first kappa shape index (κ1) is 27.0. The van der Waals surface area contributed by atoms with E-state index in [0.717, 1.165) is 40.3 Å². The Kier molecular flexibility index (Phi) is 9.99. The molecule has 6 heteroatoms. The van der Waals surface area contributed by atoms with Gasteiger partial charge in [0.15, 0.2) is 0 Å². The lowest BCUT2D eigenvalue weighted by Crippen LogP contribution is -2.41. The van der Waals surface area contributed by atoms with Gasteiger partial charge in [0.05, 0.1) is 6.42 Å². The summed E-state index contributed by atoms with van der Waals surface area (Å²) in [4.78, 5) is 28.2. The molecule has 4 rings (SSSR count). The highest BCUT2D eigenvalue weighted by Crippen LogP contribution is 2.31. The number of amides is 2. The molecule has 194 valence electrons. The number of carbonyl (C=O) groups is 2. The zero-order valence-corrected chi connectivity index (χ0v) is 22.1. The van der Waals surface area contributed by atoms with Gasteiger partial charge in [-0.2, -0.15) is 0 Å². The van der Waals surface area contributed by atoms with Crippen LogP contribution >= 0.6 is 11.8 Å². The Morgan fingerprint density at radius 2 is 1.32 bits per heavy atom. The zero-order valence-electron chi connectivity index (χ0n) is 21.3. The average Bonchev–Trinajstić information content (AvgIpc) is 2.92. The molecule has 0 saturated carbocycles. The Morgan fingerprint density at radius 3 is 2.00 bits per heavy atom. The van der Waals surface area contributed by atoms with Crippen molar-refractivity contribution in [2.45, 2.75) is 35.5 Å². The number of aryl methyl sites for hydroxylation is 1. The monoisotopic (exact) mass is 524 g/mol. The van der Waals surface area contributed by atoms with Crippen LogP contribution in [0.15, 0.2) is 119 Å². The number of anilines is 1. The fourth-order valence-electron chi connectivity index (χ4n) is 4.23. The number of urea groups is 1. The van der Waals surface area contributed by atoms with Crippen molar-refractivity contribution >= 4 is 29.4 Å². The van der Waals surface area contributed by atoms with Crippen LogP contribution < -0.4 is 10.2 Å². The predicted octanol–water partition coefficient (Wildman–Crippen LogP) is 6.86. The average molecular weight is 525 g/mol. The van der Waals surface area contributed by atoms with Crippen molar-refractivity contribution in [3.63, 3.8) is 0 Å². The molecule has 5 nitrogen and oxygen atoms in total. The lowest BCUT2D eigenvalue weighted by molar-refractivity contribution is -0.136. The van der Waals surface area contributed by atoms with Gasteiger partial charge in [-0.25, -0.2) is 4.79 Å². The summed E-state index contributed by atoms with van der Waals surface area (Å²) in [6.07, 6.45) is 2.49. The van der Waals surface area contributed by atoms with Gasteiger partial charge in [0.1, 0.15) is 0 Å². The highest BCUT2D eigenvalue weighted by molar-refractivity contribution is 7.99. The second-order valence-corrected chi connectivity index (χ2v) is 10.2. The molecule has 38 heavy (non-hydrogen) atoms. The van der Waals surface area contributed by atoms with E-state index >= 15 is 0 Å². The first-order valence-corrected chi connectivity index (χ1v) is 13.6. The number of carbonyl (C=O) groups excluding carboxylic acids is 1. The van der Waals surface area contributed by atoms with Gasteiger partial charge in [0, 0.05) is 28.6 Å². The summed E-state index contributed by atoms with van der Waals surface area (Å²) in [5.74, 6) is -0.849. The minimum atomic E-state index is -0.849. The van der Waals surface area contributed by atoms with Crippen molar-refractivity contribution in [2.24, 2.45) is 0 Å². The van der Waals surface area contributed by atoms with Crippen LogP contribution in [0.1, 0.15) is 23.1 Å². The molecule has 0 radical (unpaired) electrons. The van der Waals surface area contributed by atoms with E-state index in [1.807, 2.05) is 89.8 Å². The maximum Gasteiger partial charge on any atom is 0.321 e. The van der Waals surface area contributed by atoms with E-state index in [9.17, 15) is 9.59 Å². The fourth-order valence-corrected chi connectivity index (χ4v) is 5.19. The summed E-state index contributed by atoms with van der Waals surface area (Å²) in [7, 11) is 0. The molecule has 0 fully saturated rings. The molecule has 0 aliphatic heterocycles. The van der Waals surface area contributed by atoms with Crippen molar-refractivity contribution in [3.8, 4) is 0 Å². The van der Waals surface area contributed by atoms with Crippen LogP contribution in [0.5, 0.6) is 0 Å². The quantitative estimate of drug-likeness (QED) is 0.213. The summed E-state index contributed by atoms with van der Waals surface area (Å²) >= 11 is 1.56. The van der Waals surface area contributed by atoms with Gasteiger partial charge in [-0.3, -0.25) is 9.69 Å². The maximum atomic E-state index is 13.3. The van der Waals surface area contributed by atoms with Gasteiger partial charge in [-0.05, 0) is 66.3 Å². The molecule has 0 bridgehead atoms. The fraction of sp³-hybridized carbons (Fsp3) is 0.188. The number of carboxylic acid groups (broad SMARTS) is 1. The van der Waals surface area contributed by atoms with Gasteiger partial charge in [0.25, 0.3) is 0 Å². The molecule has 2 N–H and O–H groups in total. The standard InChI is InChI=1S/C32H32N2O3S/c35-31(36)23-27-14-7-17-29(22-27)38-30-18-8-16-28(24-30)34(21-9-15-25-10-3-1-4-11-25)32(37)33-20-19-26-12-5-2-6-13-26/h1-8,10-14,16-18,22,24H,9,15,19-21,23H2,(H,33,37)(H,35,36). The molecular weight excluding hydrogens is 492 g/mol. The Bertz CT molecular complexity index is 1330. The molecule has 4 aromatic carbocycles. The van der Waals surface area contributed by atoms with Gasteiger partial charge in [0.2, 0.25) is 0 Å². The highest BCUT2D eigenvalue weighted by Gasteiger charge is 2.16. The summed E-state index contributed by atoms with van der Waals surface area (Å²) < 4.78 is 0. The molecule has 0 heterocycles. The first-order valence-electron chi connectivity index (χ1n) is 12.8. The molecule has 0 aromatic heterocycles. The molecule has 0 aliphatic carbocycles. The van der Waals surface area contributed by atoms with Crippen molar-refractivity contribution in [1.82, 2.24) is 5.32 Å². The summed E-state index contributed by atoms with van der Waals surface area (Å²) in [5.41, 5.74) is 4.04. The third-order valence-electron chi connectivity index (χ3n) is 6.09. The number of carboxylic acids is 1. The molecular formula is C32H32N2O3S. The molecule has 0 unspecified atom stereocenters. The van der Waals surface area contributed by atoms with Crippen LogP contribution in [0.3, 0.4) is 0 Å². The predicted molar refractivity (Wildman–Crippen MR) is 154 cm³/mol. The molecule has 0 aliphatic rings. The van der Waals surface area contributed by atoms with Crippen molar-refractivity contribution in [2.75, 3.05) is 18.0 Å². The van der Waals surface area contributed by atoms with E-state index < -0.39 is 5.97 Å². The van der Waals surface area contributed by atoms with E-state index in [-0.39, 0.29) is 12.5 Å². The van der Waals surface area contributed by atoms with Crippen LogP contribution in [0.25, 0.3) is 0 Å². The first-order chi connectivity index (χ1) is 18.6. The Labute approximate surface area is 228 Å². The number of aliphatic carboxylic acids is 1. The summed E-state index contributed by atoms with van der Waals surface area (Å²) in [6.45, 7) is 1.15. The molecule has 2 amide bonds. The topological polar surface area (TPSA) is 69.6 Å². The number of nitrogens with zero attached hydrogens (tertiary/aromatic N) is 1. The maximum absolute atomic E-state index is 13.3. The number of rotatable bonds is 12. The third kappa shape index (κ3) is 8.53. The normalized spacial score (nSPS) is 10.6. The Hall–Kier alpha value is -4.03. The lowest BCUT2D eigenvalue weighted by atomic mass is 10.1. The SMILES string of the molecule is O=C(O)Cc1cccc(Sc2cccc(N(CCCc3ccccc3)C(=O)NCCc3ccccc3)c2)c1. The smallest absolute Gasteiger partial charge is 0.321 e. The second-order valence-electron chi connectivity index (χ2n) is 9.03. The summed E-state index contributed by atoms with van der Waals surface area (Å²) in [5, 5.41) is 12.2. The van der Waals surface area contributed by atoms with Crippen LogP contribution in [-0.4, -0.2) is 30.2 Å². The number of hydrogen-bond donors (Lipinski definition) is 2. The van der Waals surface area contributed by atoms with Crippen LogP contribution in [0.2, 0.25) is 0 Å². The van der Waals surface area contributed by atoms with Gasteiger partial charge >= 0.3 is 12.0 Å². The summed E-state index contributed by atoms with van der Waals surface area (Å²) in [6, 6.07) is 35.9. The number of nitrogens with one attached hydrogen (secondary N) is 1. The van der Waals surface area contributed by atoms with Gasteiger partial charge in [-0.1, -0.05) is 90.6 Å². The minimum Gasteiger partial charge on any atom is -0.481 e. The number of hydrogen-bond acceptors (Lipinski definition) is 3. The molecule has 0 atom stereocenters. The molecule has 4 aromatic rings. The largest absolute Gasteiger partial charge is 0.481 e. The van der Waals surface area contributed by atoms with E-state index in [2.05, 4.69) is 29.6 Å². The van der Waals surface area contributed by atoms with Crippen LogP contribution in [0, 0.1) is 0 Å². The van der Waals surface area contributed by atoms with Crippen LogP contribution in [-0.2, 0) is 24.1 Å². The lowest BCUT2D eigenvalue weighted by Gasteiger charge is -2.24. The van der Waals surface area contributed by atoms with E-state index in [1.165, 1.54) is 11.1 Å². The van der Waals surface area contributed by atoms with E-state index in [0.29, 0.717) is 13.1 Å². The molecule has 0 saturated heterocycles. The van der Waals surface area contributed by atoms with Crippen molar-refractivity contribution in [1.29, 1.82) is 0 Å². The Balaban J connectivity index is 1.46. The van der Waals surface area contributed by atoms with Crippen LogP contribution in [0.4, 0.5) is 10.5 Å². The van der Waals surface area contributed by atoms with Gasteiger partial charge in [-0.15, -0.1) is 0 Å². The Morgan fingerprint density at radius 1 is 0.711 bits per heavy atom. The zero-order chi connectivity index (χ0) is 26.6. The van der Waals surface area contributed by atoms with Gasteiger partial charge < -0.3 is 10.4 Å². The number of benzene rings is 4. The van der Waals surface area contributed by atoms with E-state index in [4.69, 9.17) is 5.11 Å². The highest BCUT2D eigenvalue weighted by atomic mass is 32.2. The second kappa shape index (κ2) is 14.1. The molecule has 0 spiro atoms.